The van der Waals surface area contributed by atoms with E-state index in [0.717, 1.165) is 0 Å². The lowest BCUT2D eigenvalue weighted by Crippen LogP contribution is -2.37. The van der Waals surface area contributed by atoms with Crippen LogP contribution in [0.1, 0.15) is 54.3 Å². The average molecular weight is 302 g/mol. The van der Waals surface area contributed by atoms with Crippen LogP contribution < -0.4 is 5.32 Å². The Balaban J connectivity index is 1.85. The molecule has 1 aliphatic heterocycles. The molecule has 5 heteroatoms. The van der Waals surface area contributed by atoms with Crippen molar-refractivity contribution in [2.45, 2.75) is 39.7 Å². The number of carbonyl (C=O) groups is 3. The minimum Gasteiger partial charge on any atom is -0.353 e. The second kappa shape index (κ2) is 6.73. The van der Waals surface area contributed by atoms with Gasteiger partial charge in [0.25, 0.3) is 11.8 Å². The summed E-state index contributed by atoms with van der Waals surface area (Å²) >= 11 is 0. The molecule has 22 heavy (non-hydrogen) atoms. The number of imide groups is 1. The van der Waals surface area contributed by atoms with Crippen molar-refractivity contribution < 1.29 is 14.4 Å². The number of nitrogens with one attached hydrogen (secondary N) is 1. The first-order chi connectivity index (χ1) is 10.4. The molecule has 0 fully saturated rings. The number of hydrogen-bond acceptors (Lipinski definition) is 3. The average Bonchev–Trinajstić information content (AvgIpc) is 2.72. The predicted octanol–water partition coefficient (Wildman–Crippen LogP) is 2.22. The summed E-state index contributed by atoms with van der Waals surface area (Å²) in [6, 6.07) is 6.92. The molecular formula is C17H22N2O3. The minimum absolute atomic E-state index is 0.0437. The van der Waals surface area contributed by atoms with Gasteiger partial charge in [0.1, 0.15) is 0 Å². The van der Waals surface area contributed by atoms with E-state index < -0.39 is 0 Å². The van der Waals surface area contributed by atoms with Crippen molar-refractivity contribution in [3.05, 3.63) is 35.4 Å². The summed E-state index contributed by atoms with van der Waals surface area (Å²) in [5.74, 6) is -0.203. The smallest absolute Gasteiger partial charge is 0.261 e. The number of hydrogen-bond donors (Lipinski definition) is 1. The van der Waals surface area contributed by atoms with E-state index in [9.17, 15) is 14.4 Å². The van der Waals surface area contributed by atoms with Crippen molar-refractivity contribution in [2.75, 3.05) is 6.54 Å². The first kappa shape index (κ1) is 16.2. The number of rotatable bonds is 6. The van der Waals surface area contributed by atoms with Crippen LogP contribution in [0.4, 0.5) is 0 Å². The molecule has 0 bridgehead atoms. The fraction of sp³-hybridized carbons (Fsp3) is 0.471. The third-order valence-corrected chi connectivity index (χ3v) is 4.05. The third kappa shape index (κ3) is 3.35. The highest BCUT2D eigenvalue weighted by molar-refractivity contribution is 6.21. The second-order valence-corrected chi connectivity index (χ2v) is 6.01. The molecule has 2 rings (SSSR count). The molecule has 1 aliphatic rings. The number of amides is 3. The van der Waals surface area contributed by atoms with E-state index in [1.54, 1.807) is 24.3 Å². The first-order valence-corrected chi connectivity index (χ1v) is 7.66. The van der Waals surface area contributed by atoms with E-state index in [4.69, 9.17) is 0 Å². The van der Waals surface area contributed by atoms with Crippen LogP contribution in [-0.2, 0) is 4.79 Å². The van der Waals surface area contributed by atoms with Crippen LogP contribution in [0.5, 0.6) is 0 Å². The lowest BCUT2D eigenvalue weighted by molar-refractivity contribution is -0.122. The highest BCUT2D eigenvalue weighted by atomic mass is 16.2. The Morgan fingerprint density at radius 3 is 2.14 bits per heavy atom. The quantitative estimate of drug-likeness (QED) is 0.819. The van der Waals surface area contributed by atoms with E-state index in [1.165, 1.54) is 4.90 Å². The zero-order valence-corrected chi connectivity index (χ0v) is 13.3. The van der Waals surface area contributed by atoms with Gasteiger partial charge in [-0.1, -0.05) is 26.0 Å². The predicted molar refractivity (Wildman–Crippen MR) is 83.5 cm³/mol. The molecule has 1 atom stereocenters. The van der Waals surface area contributed by atoms with E-state index in [2.05, 4.69) is 5.32 Å². The zero-order chi connectivity index (χ0) is 16.3. The number of carbonyl (C=O) groups excluding carboxylic acids is 3. The van der Waals surface area contributed by atoms with Gasteiger partial charge < -0.3 is 5.32 Å². The number of fused-ring (bicyclic) bond motifs is 1. The Hall–Kier alpha value is -2.17. The van der Waals surface area contributed by atoms with Crippen LogP contribution >= 0.6 is 0 Å². The maximum atomic E-state index is 12.2. The van der Waals surface area contributed by atoms with Gasteiger partial charge in [-0.2, -0.15) is 0 Å². The summed E-state index contributed by atoms with van der Waals surface area (Å²) in [4.78, 5) is 37.3. The molecule has 0 saturated heterocycles. The molecule has 0 spiro atoms. The Labute approximate surface area is 130 Å². The topological polar surface area (TPSA) is 66.5 Å². The van der Waals surface area contributed by atoms with Gasteiger partial charge in [-0.3, -0.25) is 19.3 Å². The van der Waals surface area contributed by atoms with Crippen molar-refractivity contribution in [1.29, 1.82) is 0 Å². The van der Waals surface area contributed by atoms with Gasteiger partial charge in [0.2, 0.25) is 5.91 Å². The van der Waals surface area contributed by atoms with E-state index >= 15 is 0 Å². The van der Waals surface area contributed by atoms with Crippen molar-refractivity contribution in [3.63, 3.8) is 0 Å². The summed E-state index contributed by atoms with van der Waals surface area (Å²) < 4.78 is 0. The minimum atomic E-state index is -0.267. The zero-order valence-electron chi connectivity index (χ0n) is 13.3. The maximum Gasteiger partial charge on any atom is 0.261 e. The molecule has 0 unspecified atom stereocenters. The third-order valence-electron chi connectivity index (χ3n) is 4.05. The highest BCUT2D eigenvalue weighted by Crippen LogP contribution is 2.22. The van der Waals surface area contributed by atoms with Gasteiger partial charge in [0.05, 0.1) is 11.1 Å². The van der Waals surface area contributed by atoms with E-state index in [0.29, 0.717) is 29.9 Å². The molecule has 5 nitrogen and oxygen atoms in total. The van der Waals surface area contributed by atoms with Crippen LogP contribution in [-0.4, -0.2) is 35.2 Å². The van der Waals surface area contributed by atoms with E-state index in [-0.39, 0.29) is 30.3 Å². The molecule has 118 valence electrons. The Bertz CT molecular complexity index is 560. The SMILES string of the molecule is CC(C)[C@H](C)NC(=O)CCCN1C(=O)c2ccccc2C1=O. The van der Waals surface area contributed by atoms with Crippen LogP contribution in [0.25, 0.3) is 0 Å². The highest BCUT2D eigenvalue weighted by Gasteiger charge is 2.34. The van der Waals surface area contributed by atoms with Crippen molar-refractivity contribution in [3.8, 4) is 0 Å². The summed E-state index contributed by atoms with van der Waals surface area (Å²) in [6.07, 6.45) is 0.784. The Kier molecular flexibility index (Phi) is 4.96. The lowest BCUT2D eigenvalue weighted by Gasteiger charge is -2.18. The van der Waals surface area contributed by atoms with Crippen molar-refractivity contribution in [1.82, 2.24) is 10.2 Å². The molecule has 3 amide bonds. The van der Waals surface area contributed by atoms with Gasteiger partial charge in [-0.25, -0.2) is 0 Å². The summed E-state index contributed by atoms with van der Waals surface area (Å²) in [5.41, 5.74) is 0.899. The largest absolute Gasteiger partial charge is 0.353 e. The van der Waals surface area contributed by atoms with Gasteiger partial charge in [-0.15, -0.1) is 0 Å². The molecule has 0 radical (unpaired) electrons. The second-order valence-electron chi connectivity index (χ2n) is 6.01. The normalized spacial score (nSPS) is 15.2. The van der Waals surface area contributed by atoms with Crippen LogP contribution in [0.3, 0.4) is 0 Å². The first-order valence-electron chi connectivity index (χ1n) is 7.66. The van der Waals surface area contributed by atoms with Crippen LogP contribution in [0, 0.1) is 5.92 Å². The van der Waals surface area contributed by atoms with Gasteiger partial charge in [0.15, 0.2) is 0 Å². The monoisotopic (exact) mass is 302 g/mol. The standard InChI is InChI=1S/C17H22N2O3/c1-11(2)12(3)18-15(20)9-6-10-19-16(21)13-7-4-5-8-14(13)17(19)22/h4-5,7-8,11-12H,6,9-10H2,1-3H3,(H,18,20)/t12-/m0/s1. The molecular weight excluding hydrogens is 280 g/mol. The summed E-state index contributed by atoms with van der Waals surface area (Å²) in [6.45, 7) is 6.33. The molecule has 1 heterocycles. The van der Waals surface area contributed by atoms with Crippen molar-refractivity contribution in [2.24, 2.45) is 5.92 Å². The van der Waals surface area contributed by atoms with Crippen LogP contribution in [0.2, 0.25) is 0 Å². The summed E-state index contributed by atoms with van der Waals surface area (Å²) in [5, 5.41) is 2.92. The molecule has 0 aromatic heterocycles. The number of nitrogens with zero attached hydrogens (tertiary/aromatic N) is 1. The molecule has 0 aliphatic carbocycles. The van der Waals surface area contributed by atoms with Crippen LogP contribution in [0.15, 0.2) is 24.3 Å². The van der Waals surface area contributed by atoms with Gasteiger partial charge in [0, 0.05) is 19.0 Å². The fourth-order valence-corrected chi connectivity index (χ4v) is 2.33. The molecule has 1 aromatic rings. The fourth-order valence-electron chi connectivity index (χ4n) is 2.33. The lowest BCUT2D eigenvalue weighted by atomic mass is 10.1. The van der Waals surface area contributed by atoms with Gasteiger partial charge in [-0.05, 0) is 31.4 Å². The van der Waals surface area contributed by atoms with E-state index in [1.807, 2.05) is 20.8 Å². The maximum absolute atomic E-state index is 12.2. The molecule has 0 saturated carbocycles. The molecule has 1 N–H and O–H groups in total. The summed E-state index contributed by atoms with van der Waals surface area (Å²) in [7, 11) is 0. The Morgan fingerprint density at radius 1 is 1.09 bits per heavy atom. The Morgan fingerprint density at radius 2 is 1.64 bits per heavy atom. The van der Waals surface area contributed by atoms with Gasteiger partial charge >= 0.3 is 0 Å². The molecule has 1 aromatic carbocycles. The number of benzene rings is 1. The van der Waals surface area contributed by atoms with Crippen molar-refractivity contribution >= 4 is 17.7 Å².